The molecule has 3 heteroatoms. The van der Waals surface area contributed by atoms with Crippen LogP contribution in [-0.2, 0) is 14.3 Å². The summed E-state index contributed by atoms with van der Waals surface area (Å²) in [5.74, 6) is 1.41. The largest absolute Gasteiger partial charge is 0.347 e. The summed E-state index contributed by atoms with van der Waals surface area (Å²) >= 11 is 0. The minimum atomic E-state index is -0.307. The maximum absolute atomic E-state index is 12.4. The Morgan fingerprint density at radius 3 is 2.78 bits per heavy atom. The summed E-state index contributed by atoms with van der Waals surface area (Å²) in [5.41, 5.74) is 4.71. The number of carbonyl (C=O) groups excluding carboxylic acids is 1. The number of carbonyl (C=O) groups is 1. The first-order chi connectivity index (χ1) is 11.1. The predicted octanol–water partition coefficient (Wildman–Crippen LogP) is 3.94. The van der Waals surface area contributed by atoms with E-state index in [1.807, 2.05) is 0 Å². The number of hydrogen-bond donors (Lipinski definition) is 0. The van der Waals surface area contributed by atoms with Crippen molar-refractivity contribution >= 4 is 5.78 Å². The van der Waals surface area contributed by atoms with Crippen LogP contribution in [0.15, 0.2) is 22.8 Å². The maximum atomic E-state index is 12.4. The van der Waals surface area contributed by atoms with Crippen LogP contribution in [0.5, 0.6) is 0 Å². The van der Waals surface area contributed by atoms with Crippen LogP contribution in [0.1, 0.15) is 58.3 Å². The summed E-state index contributed by atoms with van der Waals surface area (Å²) < 4.78 is 11.9. The van der Waals surface area contributed by atoms with Crippen molar-refractivity contribution < 1.29 is 14.3 Å². The van der Waals surface area contributed by atoms with Gasteiger partial charge in [0.25, 0.3) is 0 Å². The Kier molecular flexibility index (Phi) is 3.01. The van der Waals surface area contributed by atoms with Gasteiger partial charge in [-0.25, -0.2) is 0 Å². The molecule has 23 heavy (non-hydrogen) atoms. The molecule has 2 fully saturated rings. The highest BCUT2D eigenvalue weighted by Gasteiger charge is 2.53. The van der Waals surface area contributed by atoms with E-state index in [9.17, 15) is 4.79 Å². The topological polar surface area (TPSA) is 35.5 Å². The summed E-state index contributed by atoms with van der Waals surface area (Å²) in [6.45, 7) is 3.72. The van der Waals surface area contributed by atoms with Crippen LogP contribution in [-0.4, -0.2) is 24.8 Å². The fraction of sp³-hybridized carbons (Fsp3) is 0.750. The lowest BCUT2D eigenvalue weighted by Gasteiger charge is -2.46. The normalized spacial score (nSPS) is 41.6. The molecule has 3 nitrogen and oxygen atoms in total. The Bertz CT molecular complexity index is 623. The zero-order chi connectivity index (χ0) is 15.7. The third-order valence-corrected chi connectivity index (χ3v) is 7.35. The smallest absolute Gasteiger partial charge is 0.172 e. The highest BCUT2D eigenvalue weighted by molar-refractivity contribution is 5.87. The SMILES string of the molecule is CC12CC=C3C4=C(CCC3[C@@H]1CCC2=O)CC1(CC4)OCCO1. The maximum Gasteiger partial charge on any atom is 0.172 e. The molecule has 1 saturated heterocycles. The number of fused-ring (bicyclic) bond motifs is 4. The lowest BCUT2D eigenvalue weighted by atomic mass is 9.58. The molecule has 0 aromatic rings. The molecule has 2 unspecified atom stereocenters. The summed E-state index contributed by atoms with van der Waals surface area (Å²) in [6.07, 6.45) is 10.7. The number of Topliss-reactive ketones (excluding diaryl/α,β-unsaturated/α-hetero) is 1. The van der Waals surface area contributed by atoms with E-state index in [1.54, 1.807) is 16.7 Å². The fourth-order valence-corrected chi connectivity index (χ4v) is 6.08. The second kappa shape index (κ2) is 4.80. The van der Waals surface area contributed by atoms with Gasteiger partial charge in [-0.15, -0.1) is 0 Å². The van der Waals surface area contributed by atoms with Gasteiger partial charge in [0.2, 0.25) is 0 Å². The van der Waals surface area contributed by atoms with Crippen LogP contribution in [0.2, 0.25) is 0 Å². The average Bonchev–Trinajstić information content (AvgIpc) is 3.12. The van der Waals surface area contributed by atoms with Crippen molar-refractivity contribution in [3.05, 3.63) is 22.8 Å². The van der Waals surface area contributed by atoms with Crippen molar-refractivity contribution in [1.82, 2.24) is 0 Å². The van der Waals surface area contributed by atoms with E-state index >= 15 is 0 Å². The minimum absolute atomic E-state index is 0.0696. The lowest BCUT2D eigenvalue weighted by Crippen LogP contribution is -2.41. The molecule has 4 aliphatic carbocycles. The molecular weight excluding hydrogens is 288 g/mol. The zero-order valence-electron chi connectivity index (χ0n) is 14.0. The van der Waals surface area contributed by atoms with Crippen LogP contribution < -0.4 is 0 Å². The van der Waals surface area contributed by atoms with Crippen LogP contribution in [0, 0.1) is 17.3 Å². The molecular formula is C20H26O3. The van der Waals surface area contributed by atoms with Gasteiger partial charge >= 0.3 is 0 Å². The molecule has 5 rings (SSSR count). The van der Waals surface area contributed by atoms with E-state index in [0.29, 0.717) is 17.6 Å². The van der Waals surface area contributed by atoms with Gasteiger partial charge in [-0.1, -0.05) is 18.6 Å². The molecule has 0 radical (unpaired) electrons. The van der Waals surface area contributed by atoms with Crippen molar-refractivity contribution in [1.29, 1.82) is 0 Å². The van der Waals surface area contributed by atoms with Crippen LogP contribution in [0.3, 0.4) is 0 Å². The summed E-state index contributed by atoms with van der Waals surface area (Å²) in [5, 5.41) is 0. The predicted molar refractivity (Wildman–Crippen MR) is 86.8 cm³/mol. The van der Waals surface area contributed by atoms with Crippen LogP contribution >= 0.6 is 0 Å². The molecule has 1 heterocycles. The Morgan fingerprint density at radius 1 is 1.13 bits per heavy atom. The van der Waals surface area contributed by atoms with E-state index in [2.05, 4.69) is 13.0 Å². The molecule has 0 aromatic heterocycles. The summed E-state index contributed by atoms with van der Waals surface area (Å²) in [7, 11) is 0. The molecule has 0 amide bonds. The van der Waals surface area contributed by atoms with Crippen molar-refractivity contribution in [2.24, 2.45) is 17.3 Å². The Labute approximate surface area is 138 Å². The summed E-state index contributed by atoms with van der Waals surface area (Å²) in [6, 6.07) is 0. The van der Waals surface area contributed by atoms with Crippen molar-refractivity contribution in [2.45, 2.75) is 64.1 Å². The van der Waals surface area contributed by atoms with Gasteiger partial charge in [0.05, 0.1) is 13.2 Å². The van der Waals surface area contributed by atoms with Gasteiger partial charge in [-0.05, 0) is 55.1 Å². The van der Waals surface area contributed by atoms with E-state index in [1.165, 1.54) is 12.8 Å². The van der Waals surface area contributed by atoms with Crippen LogP contribution in [0.4, 0.5) is 0 Å². The number of allylic oxidation sites excluding steroid dienone is 3. The first kappa shape index (κ1) is 14.4. The molecule has 5 aliphatic rings. The van der Waals surface area contributed by atoms with E-state index in [4.69, 9.17) is 9.47 Å². The van der Waals surface area contributed by atoms with E-state index in [-0.39, 0.29) is 11.2 Å². The van der Waals surface area contributed by atoms with Gasteiger partial charge in [0, 0.05) is 24.7 Å². The average molecular weight is 314 g/mol. The van der Waals surface area contributed by atoms with Crippen molar-refractivity contribution in [3.8, 4) is 0 Å². The van der Waals surface area contributed by atoms with Gasteiger partial charge < -0.3 is 9.47 Å². The molecule has 0 aromatic carbocycles. The van der Waals surface area contributed by atoms with E-state index < -0.39 is 0 Å². The standard InChI is InChI=1S/C20H26O3/c1-19-8-6-15-14-7-9-20(22-10-11-23-20)12-13(14)2-3-16(15)17(19)4-5-18(19)21/h6,16-17H,2-5,7-12H2,1H3/t16?,17-,19?/m0/s1. The minimum Gasteiger partial charge on any atom is -0.347 e. The van der Waals surface area contributed by atoms with Gasteiger partial charge in [-0.3, -0.25) is 4.79 Å². The Balaban J connectivity index is 1.49. The third kappa shape index (κ3) is 1.93. The second-order valence-corrected chi connectivity index (χ2v) is 8.36. The van der Waals surface area contributed by atoms with Crippen LogP contribution in [0.25, 0.3) is 0 Å². The fourth-order valence-electron chi connectivity index (χ4n) is 6.08. The summed E-state index contributed by atoms with van der Waals surface area (Å²) in [4.78, 5) is 12.4. The third-order valence-electron chi connectivity index (χ3n) is 7.35. The first-order valence-electron chi connectivity index (χ1n) is 9.34. The van der Waals surface area contributed by atoms with E-state index in [0.717, 1.165) is 51.7 Å². The highest BCUT2D eigenvalue weighted by Crippen LogP contribution is 2.58. The second-order valence-electron chi connectivity index (χ2n) is 8.36. The molecule has 0 bridgehead atoms. The zero-order valence-corrected chi connectivity index (χ0v) is 14.0. The number of ether oxygens (including phenoxy) is 2. The Morgan fingerprint density at radius 2 is 1.96 bits per heavy atom. The highest BCUT2D eigenvalue weighted by atomic mass is 16.7. The molecule has 1 aliphatic heterocycles. The van der Waals surface area contributed by atoms with Crippen molar-refractivity contribution in [3.63, 3.8) is 0 Å². The molecule has 0 N–H and O–H groups in total. The quantitative estimate of drug-likeness (QED) is 0.679. The van der Waals surface area contributed by atoms with Gasteiger partial charge in [0.1, 0.15) is 5.78 Å². The van der Waals surface area contributed by atoms with Crippen molar-refractivity contribution in [2.75, 3.05) is 13.2 Å². The van der Waals surface area contributed by atoms with Gasteiger partial charge in [0.15, 0.2) is 5.79 Å². The molecule has 124 valence electrons. The molecule has 3 atom stereocenters. The number of rotatable bonds is 0. The van der Waals surface area contributed by atoms with Gasteiger partial charge in [-0.2, -0.15) is 0 Å². The first-order valence-corrected chi connectivity index (χ1v) is 9.34. The monoisotopic (exact) mass is 314 g/mol. The lowest BCUT2D eigenvalue weighted by molar-refractivity contribution is -0.164. The Hall–Kier alpha value is -0.930. The molecule has 1 spiro atoms. The number of hydrogen-bond acceptors (Lipinski definition) is 3. The molecule has 1 saturated carbocycles. The number of ketones is 1.